The molecule has 1 aromatic heterocycles. The van der Waals surface area contributed by atoms with Crippen LogP contribution >= 0.6 is 0 Å². The van der Waals surface area contributed by atoms with Crippen molar-refractivity contribution in [1.29, 1.82) is 0 Å². The SMILES string of the molecule is CCn1cc(S(=O)(=O)NC(C)COC)cc1CN. The van der Waals surface area contributed by atoms with Crippen LogP contribution in [0.5, 0.6) is 0 Å². The number of aromatic nitrogens is 1. The van der Waals surface area contributed by atoms with Gasteiger partial charge in [-0.2, -0.15) is 0 Å². The third-order valence-corrected chi connectivity index (χ3v) is 4.15. The molecular weight excluding hydrogens is 254 g/mol. The Labute approximate surface area is 108 Å². The van der Waals surface area contributed by atoms with Gasteiger partial charge >= 0.3 is 0 Å². The molecule has 0 saturated carbocycles. The lowest BCUT2D eigenvalue weighted by molar-refractivity contribution is 0.180. The molecule has 0 saturated heterocycles. The molecule has 104 valence electrons. The summed E-state index contributed by atoms with van der Waals surface area (Å²) in [5, 5.41) is 0. The van der Waals surface area contributed by atoms with Gasteiger partial charge in [0.15, 0.2) is 0 Å². The molecule has 1 atom stereocenters. The van der Waals surface area contributed by atoms with E-state index in [4.69, 9.17) is 10.5 Å². The van der Waals surface area contributed by atoms with E-state index in [2.05, 4.69) is 4.72 Å². The minimum atomic E-state index is -3.51. The van der Waals surface area contributed by atoms with Gasteiger partial charge in [-0.1, -0.05) is 0 Å². The zero-order valence-corrected chi connectivity index (χ0v) is 11.8. The van der Waals surface area contributed by atoms with Crippen molar-refractivity contribution in [2.45, 2.75) is 37.9 Å². The van der Waals surface area contributed by atoms with Crippen LogP contribution in [0.15, 0.2) is 17.2 Å². The summed E-state index contributed by atoms with van der Waals surface area (Å²) in [6.45, 7) is 5.03. The van der Waals surface area contributed by atoms with Gasteiger partial charge in [-0.15, -0.1) is 0 Å². The number of nitrogens with one attached hydrogen (secondary N) is 1. The van der Waals surface area contributed by atoms with Crippen LogP contribution in [0.1, 0.15) is 19.5 Å². The first-order chi connectivity index (χ1) is 8.44. The normalized spacial score (nSPS) is 13.8. The minimum Gasteiger partial charge on any atom is -0.383 e. The number of hydrogen-bond acceptors (Lipinski definition) is 4. The van der Waals surface area contributed by atoms with Crippen LogP contribution in [-0.4, -0.2) is 32.7 Å². The molecule has 1 unspecified atom stereocenters. The van der Waals surface area contributed by atoms with Gasteiger partial charge in [0.25, 0.3) is 0 Å². The monoisotopic (exact) mass is 275 g/mol. The molecule has 0 amide bonds. The molecule has 0 aromatic carbocycles. The highest BCUT2D eigenvalue weighted by molar-refractivity contribution is 7.89. The van der Waals surface area contributed by atoms with Crippen molar-refractivity contribution in [3.05, 3.63) is 18.0 Å². The summed E-state index contributed by atoms with van der Waals surface area (Å²) >= 11 is 0. The predicted octanol–water partition coefficient (Wildman–Crippen LogP) is 0.280. The van der Waals surface area contributed by atoms with Gasteiger partial charge in [-0.25, -0.2) is 13.1 Å². The third kappa shape index (κ3) is 3.55. The van der Waals surface area contributed by atoms with Crippen molar-refractivity contribution in [3.63, 3.8) is 0 Å². The van der Waals surface area contributed by atoms with Gasteiger partial charge in [0.05, 0.1) is 11.5 Å². The average Bonchev–Trinajstić information content (AvgIpc) is 2.72. The summed E-state index contributed by atoms with van der Waals surface area (Å²) in [5.41, 5.74) is 6.38. The fourth-order valence-corrected chi connectivity index (χ4v) is 3.05. The number of nitrogens with two attached hydrogens (primary N) is 1. The highest BCUT2D eigenvalue weighted by Gasteiger charge is 2.20. The number of nitrogens with zero attached hydrogens (tertiary/aromatic N) is 1. The first-order valence-electron chi connectivity index (χ1n) is 5.85. The zero-order chi connectivity index (χ0) is 13.8. The van der Waals surface area contributed by atoms with Gasteiger partial charge in [-0.3, -0.25) is 0 Å². The third-order valence-electron chi connectivity index (χ3n) is 2.59. The summed E-state index contributed by atoms with van der Waals surface area (Å²) in [6, 6.07) is 1.33. The van der Waals surface area contributed by atoms with E-state index < -0.39 is 10.0 Å². The number of hydrogen-bond donors (Lipinski definition) is 2. The zero-order valence-electron chi connectivity index (χ0n) is 11.0. The smallest absolute Gasteiger partial charge is 0.242 e. The number of ether oxygens (including phenoxy) is 1. The van der Waals surface area contributed by atoms with E-state index >= 15 is 0 Å². The first-order valence-corrected chi connectivity index (χ1v) is 7.33. The standard InChI is InChI=1S/C11H21N3O3S/c1-4-14-7-11(5-10(14)6-12)18(15,16)13-9(2)8-17-3/h5,7,9,13H,4,6,8,12H2,1-3H3. The van der Waals surface area contributed by atoms with Gasteiger partial charge < -0.3 is 15.0 Å². The first kappa shape index (κ1) is 15.2. The van der Waals surface area contributed by atoms with E-state index in [9.17, 15) is 8.42 Å². The van der Waals surface area contributed by atoms with Gasteiger partial charge in [0.1, 0.15) is 0 Å². The molecule has 0 spiro atoms. The number of sulfonamides is 1. The van der Waals surface area contributed by atoms with Crippen LogP contribution in [-0.2, 0) is 27.8 Å². The summed E-state index contributed by atoms with van der Waals surface area (Å²) in [4.78, 5) is 0.243. The maximum Gasteiger partial charge on any atom is 0.242 e. The van der Waals surface area contributed by atoms with Crippen LogP contribution in [0.2, 0.25) is 0 Å². The van der Waals surface area contributed by atoms with E-state index in [1.807, 2.05) is 11.5 Å². The second-order valence-corrected chi connectivity index (χ2v) is 5.85. The van der Waals surface area contributed by atoms with Crippen molar-refractivity contribution in [3.8, 4) is 0 Å². The van der Waals surface area contributed by atoms with Crippen molar-refractivity contribution in [1.82, 2.24) is 9.29 Å². The van der Waals surface area contributed by atoms with E-state index in [1.165, 1.54) is 7.11 Å². The molecule has 0 aliphatic rings. The lowest BCUT2D eigenvalue weighted by Crippen LogP contribution is -2.35. The molecule has 0 fully saturated rings. The molecule has 1 rings (SSSR count). The van der Waals surface area contributed by atoms with Crippen molar-refractivity contribution in [2.24, 2.45) is 5.73 Å². The molecule has 0 aliphatic carbocycles. The van der Waals surface area contributed by atoms with Crippen LogP contribution in [0.25, 0.3) is 0 Å². The molecule has 18 heavy (non-hydrogen) atoms. The van der Waals surface area contributed by atoms with Gasteiger partial charge in [-0.05, 0) is 19.9 Å². The molecular formula is C11H21N3O3S. The molecule has 0 bridgehead atoms. The Morgan fingerprint density at radius 2 is 2.22 bits per heavy atom. The molecule has 1 heterocycles. The largest absolute Gasteiger partial charge is 0.383 e. The maximum absolute atomic E-state index is 12.1. The Bertz CT molecular complexity index is 460. The Hall–Kier alpha value is -0.890. The van der Waals surface area contributed by atoms with Crippen LogP contribution < -0.4 is 10.5 Å². The van der Waals surface area contributed by atoms with E-state index in [1.54, 1.807) is 19.2 Å². The topological polar surface area (TPSA) is 86.3 Å². The quantitative estimate of drug-likeness (QED) is 0.748. The lowest BCUT2D eigenvalue weighted by Gasteiger charge is -2.12. The lowest BCUT2D eigenvalue weighted by atomic mass is 10.4. The van der Waals surface area contributed by atoms with Crippen LogP contribution in [0.4, 0.5) is 0 Å². The Balaban J connectivity index is 2.94. The number of methoxy groups -OCH3 is 1. The minimum absolute atomic E-state index is 0.243. The van der Waals surface area contributed by atoms with Crippen LogP contribution in [0, 0.1) is 0 Å². The van der Waals surface area contributed by atoms with E-state index in [0.717, 1.165) is 5.69 Å². The molecule has 3 N–H and O–H groups in total. The van der Waals surface area contributed by atoms with E-state index in [0.29, 0.717) is 19.7 Å². The molecule has 7 heteroatoms. The second-order valence-electron chi connectivity index (χ2n) is 4.13. The highest BCUT2D eigenvalue weighted by Crippen LogP contribution is 2.14. The van der Waals surface area contributed by atoms with Crippen LogP contribution in [0.3, 0.4) is 0 Å². The molecule has 1 aromatic rings. The highest BCUT2D eigenvalue weighted by atomic mass is 32.2. The summed E-state index contributed by atoms with van der Waals surface area (Å²) in [7, 11) is -1.98. The Morgan fingerprint density at radius 3 is 2.67 bits per heavy atom. The maximum atomic E-state index is 12.1. The van der Waals surface area contributed by atoms with Crippen molar-refractivity contribution in [2.75, 3.05) is 13.7 Å². The fraction of sp³-hybridized carbons (Fsp3) is 0.636. The van der Waals surface area contributed by atoms with Crippen molar-refractivity contribution < 1.29 is 13.2 Å². The van der Waals surface area contributed by atoms with Crippen molar-refractivity contribution >= 4 is 10.0 Å². The average molecular weight is 275 g/mol. The van der Waals surface area contributed by atoms with Gasteiger partial charge in [0.2, 0.25) is 10.0 Å². The van der Waals surface area contributed by atoms with E-state index in [-0.39, 0.29) is 10.9 Å². The fourth-order valence-electron chi connectivity index (χ4n) is 1.76. The number of aryl methyl sites for hydroxylation is 1. The molecule has 6 nitrogen and oxygen atoms in total. The Kier molecular flexibility index (Phi) is 5.33. The molecule has 0 aliphatic heterocycles. The Morgan fingerprint density at radius 1 is 1.56 bits per heavy atom. The second kappa shape index (κ2) is 6.33. The summed E-state index contributed by atoms with van der Waals surface area (Å²) in [5.74, 6) is 0. The predicted molar refractivity (Wildman–Crippen MR) is 69.7 cm³/mol. The van der Waals surface area contributed by atoms with Gasteiger partial charge in [0, 0.05) is 38.1 Å². The summed E-state index contributed by atoms with van der Waals surface area (Å²) in [6.07, 6.45) is 1.60. The summed E-state index contributed by atoms with van der Waals surface area (Å²) < 4.78 is 33.5. The number of rotatable bonds is 7. The molecule has 0 radical (unpaired) electrons.